The lowest BCUT2D eigenvalue weighted by Crippen LogP contribution is -2.22. The molecule has 0 saturated heterocycles. The van der Waals surface area contributed by atoms with Crippen molar-refractivity contribution < 1.29 is 9.47 Å². The van der Waals surface area contributed by atoms with Crippen LogP contribution in [0.25, 0.3) is 0 Å². The fourth-order valence-electron chi connectivity index (χ4n) is 1.27. The zero-order valence-corrected chi connectivity index (χ0v) is 13.2. The molecule has 0 radical (unpaired) electrons. The summed E-state index contributed by atoms with van der Waals surface area (Å²) < 4.78 is 12.0. The summed E-state index contributed by atoms with van der Waals surface area (Å²) in [6.45, 7) is 7.09. The second-order valence-electron chi connectivity index (χ2n) is 4.82. The van der Waals surface area contributed by atoms with Crippen molar-refractivity contribution in [3.05, 3.63) is 28.2 Å². The van der Waals surface area contributed by atoms with Crippen LogP contribution in [0.3, 0.4) is 0 Å². The number of nitrogens with two attached hydrogens (primary N) is 1. The van der Waals surface area contributed by atoms with Crippen LogP contribution in [-0.4, -0.2) is 23.8 Å². The molecule has 0 bridgehead atoms. The maximum atomic E-state index is 5.61. The first-order chi connectivity index (χ1) is 8.29. The number of rotatable bonds is 5. The van der Waals surface area contributed by atoms with Gasteiger partial charge in [0.1, 0.15) is 17.3 Å². The van der Waals surface area contributed by atoms with Gasteiger partial charge in [0.2, 0.25) is 0 Å². The average Bonchev–Trinajstić information content (AvgIpc) is 2.24. The fourth-order valence-corrected chi connectivity index (χ4v) is 1.89. The van der Waals surface area contributed by atoms with E-state index in [9.17, 15) is 0 Å². The molecule has 1 aromatic rings. The summed E-state index contributed by atoms with van der Waals surface area (Å²) in [5.74, 6) is 0.757. The number of halogens is 1. The fraction of sp³-hybridized carbons (Fsp3) is 0.462. The molecule has 3 nitrogen and oxygen atoms in total. The molecule has 0 fully saturated rings. The molecule has 1 rings (SSSR count). The Morgan fingerprint density at radius 1 is 1.33 bits per heavy atom. The highest BCUT2D eigenvalue weighted by molar-refractivity contribution is 9.10. The number of ether oxygens (including phenoxy) is 2. The van der Waals surface area contributed by atoms with Gasteiger partial charge in [-0.2, -0.15) is 0 Å². The minimum atomic E-state index is -0.143. The highest BCUT2D eigenvalue weighted by Crippen LogP contribution is 2.26. The Hall–Kier alpha value is -0.650. The number of hydrogen-bond acceptors (Lipinski definition) is 3. The molecule has 100 valence electrons. The average molecular weight is 332 g/mol. The van der Waals surface area contributed by atoms with Crippen LogP contribution in [0.2, 0.25) is 0 Å². The molecule has 0 aliphatic heterocycles. The summed E-state index contributed by atoms with van der Waals surface area (Å²) >= 11 is 8.33. The second-order valence-corrected chi connectivity index (χ2v) is 6.11. The third-order valence-corrected chi connectivity index (χ3v) is 2.95. The van der Waals surface area contributed by atoms with E-state index in [0.717, 1.165) is 15.8 Å². The number of thiocarbonyl (C=S) groups is 1. The molecule has 18 heavy (non-hydrogen) atoms. The summed E-state index contributed by atoms with van der Waals surface area (Å²) in [7, 11) is 0. The van der Waals surface area contributed by atoms with Crippen molar-refractivity contribution in [1.82, 2.24) is 0 Å². The highest BCUT2D eigenvalue weighted by Gasteiger charge is 2.10. The summed E-state index contributed by atoms with van der Waals surface area (Å²) in [4.78, 5) is 0.373. The first-order valence-electron chi connectivity index (χ1n) is 5.66. The zero-order chi connectivity index (χ0) is 13.8. The van der Waals surface area contributed by atoms with Gasteiger partial charge in [-0.25, -0.2) is 0 Å². The van der Waals surface area contributed by atoms with E-state index in [-0.39, 0.29) is 5.60 Å². The Bertz CT molecular complexity index is 429. The minimum Gasteiger partial charge on any atom is -0.490 e. The third kappa shape index (κ3) is 5.33. The highest BCUT2D eigenvalue weighted by atomic mass is 79.9. The predicted octanol–water partition coefficient (Wildman–Crippen LogP) is 3.28. The van der Waals surface area contributed by atoms with E-state index in [0.29, 0.717) is 18.2 Å². The molecule has 0 aromatic heterocycles. The molecule has 0 heterocycles. The first-order valence-corrected chi connectivity index (χ1v) is 6.86. The zero-order valence-electron chi connectivity index (χ0n) is 10.8. The van der Waals surface area contributed by atoms with Crippen LogP contribution in [0.15, 0.2) is 22.7 Å². The predicted molar refractivity (Wildman–Crippen MR) is 81.2 cm³/mol. The lowest BCUT2D eigenvalue weighted by Gasteiger charge is -2.19. The molecule has 0 aliphatic rings. The summed E-state index contributed by atoms with van der Waals surface area (Å²) in [6, 6.07) is 5.53. The van der Waals surface area contributed by atoms with Crippen LogP contribution in [-0.2, 0) is 4.74 Å². The summed E-state index contributed by atoms with van der Waals surface area (Å²) in [5.41, 5.74) is 6.22. The molecule has 0 unspecified atom stereocenters. The molecule has 2 N–H and O–H groups in total. The quantitative estimate of drug-likeness (QED) is 0.664. The van der Waals surface area contributed by atoms with Crippen molar-refractivity contribution >= 4 is 33.1 Å². The standard InChI is InChI=1S/C13H18BrNO2S/c1-13(2,3)17-7-6-16-11-5-4-9(12(15)18)8-10(11)14/h4-5,8H,6-7H2,1-3H3,(H2,15,18). The van der Waals surface area contributed by atoms with Crippen molar-refractivity contribution in [2.24, 2.45) is 5.73 Å². The van der Waals surface area contributed by atoms with Gasteiger partial charge in [0.15, 0.2) is 0 Å². The minimum absolute atomic E-state index is 0.143. The van der Waals surface area contributed by atoms with Crippen molar-refractivity contribution in [1.29, 1.82) is 0 Å². The van der Waals surface area contributed by atoms with Crippen LogP contribution in [0.5, 0.6) is 5.75 Å². The molecule has 0 saturated carbocycles. The normalized spacial score (nSPS) is 11.3. The summed E-state index contributed by atoms with van der Waals surface area (Å²) in [5, 5.41) is 0. The van der Waals surface area contributed by atoms with Crippen LogP contribution < -0.4 is 10.5 Å². The Balaban J connectivity index is 2.51. The van der Waals surface area contributed by atoms with Gasteiger partial charge in [-0.05, 0) is 54.9 Å². The van der Waals surface area contributed by atoms with E-state index in [1.165, 1.54) is 0 Å². The number of benzene rings is 1. The van der Waals surface area contributed by atoms with E-state index < -0.39 is 0 Å². The third-order valence-electron chi connectivity index (χ3n) is 2.09. The Morgan fingerprint density at radius 3 is 2.50 bits per heavy atom. The topological polar surface area (TPSA) is 44.5 Å². The maximum Gasteiger partial charge on any atom is 0.133 e. The lowest BCUT2D eigenvalue weighted by atomic mass is 10.2. The monoisotopic (exact) mass is 331 g/mol. The van der Waals surface area contributed by atoms with Gasteiger partial charge in [-0.3, -0.25) is 0 Å². The van der Waals surface area contributed by atoms with E-state index in [1.807, 2.05) is 39.0 Å². The van der Waals surface area contributed by atoms with Crippen molar-refractivity contribution in [2.45, 2.75) is 26.4 Å². The van der Waals surface area contributed by atoms with Crippen LogP contribution in [0.4, 0.5) is 0 Å². The molecule has 0 amide bonds. The van der Waals surface area contributed by atoms with E-state index in [1.54, 1.807) is 0 Å². The van der Waals surface area contributed by atoms with Gasteiger partial charge >= 0.3 is 0 Å². The molecule has 0 aliphatic carbocycles. The Kier molecular flexibility index (Phi) is 5.56. The van der Waals surface area contributed by atoms with Gasteiger partial charge < -0.3 is 15.2 Å². The van der Waals surface area contributed by atoms with Crippen molar-refractivity contribution in [3.8, 4) is 5.75 Å². The van der Waals surface area contributed by atoms with Gasteiger partial charge in [-0.1, -0.05) is 12.2 Å². The largest absolute Gasteiger partial charge is 0.490 e. The Labute approximate surface area is 122 Å². The molecular weight excluding hydrogens is 314 g/mol. The Morgan fingerprint density at radius 2 is 2.00 bits per heavy atom. The van der Waals surface area contributed by atoms with Crippen molar-refractivity contribution in [2.75, 3.05) is 13.2 Å². The molecule has 0 atom stereocenters. The van der Waals surface area contributed by atoms with Crippen LogP contribution in [0, 0.1) is 0 Å². The van der Waals surface area contributed by atoms with E-state index in [4.69, 9.17) is 27.4 Å². The smallest absolute Gasteiger partial charge is 0.133 e. The summed E-state index contributed by atoms with van der Waals surface area (Å²) in [6.07, 6.45) is 0. The van der Waals surface area contributed by atoms with Gasteiger partial charge in [0.05, 0.1) is 16.7 Å². The molecule has 1 aromatic carbocycles. The van der Waals surface area contributed by atoms with Crippen LogP contribution >= 0.6 is 28.1 Å². The van der Waals surface area contributed by atoms with Crippen molar-refractivity contribution in [3.63, 3.8) is 0 Å². The SMILES string of the molecule is CC(C)(C)OCCOc1ccc(C(N)=S)cc1Br. The van der Waals surface area contributed by atoms with E-state index >= 15 is 0 Å². The molecular formula is C13H18BrNO2S. The first kappa shape index (κ1) is 15.4. The molecule has 0 spiro atoms. The lowest BCUT2D eigenvalue weighted by molar-refractivity contribution is -0.0163. The number of hydrogen-bond donors (Lipinski definition) is 1. The van der Waals surface area contributed by atoms with Crippen LogP contribution in [0.1, 0.15) is 26.3 Å². The maximum absolute atomic E-state index is 5.61. The second kappa shape index (κ2) is 6.50. The van der Waals surface area contributed by atoms with Gasteiger partial charge in [0, 0.05) is 5.56 Å². The van der Waals surface area contributed by atoms with Gasteiger partial charge in [-0.15, -0.1) is 0 Å². The molecule has 5 heteroatoms. The van der Waals surface area contributed by atoms with Gasteiger partial charge in [0.25, 0.3) is 0 Å². The van der Waals surface area contributed by atoms with E-state index in [2.05, 4.69) is 15.9 Å².